The molecule has 0 aromatic carbocycles. The first kappa shape index (κ1) is 8.31. The normalized spacial score (nSPS) is 10.5. The standard InChI is InChI=1S/C9H16N2/c1-5-10-7-11(6-2)9(4)8(10)3/h5-6H2,1-4H3. The molecule has 1 aromatic rings. The Bertz CT molecular complexity index is 224. The summed E-state index contributed by atoms with van der Waals surface area (Å²) in [6, 6.07) is 0. The van der Waals surface area contributed by atoms with E-state index in [1.54, 1.807) is 0 Å². The van der Waals surface area contributed by atoms with Crippen LogP contribution in [-0.4, -0.2) is 4.57 Å². The first-order valence-electron chi connectivity index (χ1n) is 4.19. The molecule has 11 heavy (non-hydrogen) atoms. The molecule has 0 bridgehead atoms. The van der Waals surface area contributed by atoms with Gasteiger partial charge in [-0.25, -0.2) is 0 Å². The largest absolute Gasteiger partial charge is 0.349 e. The van der Waals surface area contributed by atoms with Gasteiger partial charge in [0.25, 0.3) is 0 Å². The maximum atomic E-state index is 3.28. The van der Waals surface area contributed by atoms with Crippen LogP contribution in [0.3, 0.4) is 0 Å². The molecule has 0 aliphatic heterocycles. The molecular weight excluding hydrogens is 136 g/mol. The lowest BCUT2D eigenvalue weighted by Gasteiger charge is -2.00. The molecule has 0 aliphatic rings. The van der Waals surface area contributed by atoms with E-state index in [-0.39, 0.29) is 0 Å². The van der Waals surface area contributed by atoms with Gasteiger partial charge >= 0.3 is 0 Å². The van der Waals surface area contributed by atoms with E-state index in [4.69, 9.17) is 0 Å². The van der Waals surface area contributed by atoms with Crippen LogP contribution in [-0.2, 0) is 13.1 Å². The zero-order chi connectivity index (χ0) is 8.43. The highest BCUT2D eigenvalue weighted by Crippen LogP contribution is 2.00. The van der Waals surface area contributed by atoms with Crippen molar-refractivity contribution in [3.05, 3.63) is 17.7 Å². The molecule has 62 valence electrons. The fraction of sp³-hybridized carbons (Fsp3) is 0.667. The van der Waals surface area contributed by atoms with Gasteiger partial charge in [0.15, 0.2) is 0 Å². The molecule has 2 nitrogen and oxygen atoms in total. The van der Waals surface area contributed by atoms with Crippen molar-refractivity contribution in [1.82, 2.24) is 4.57 Å². The molecule has 1 heterocycles. The van der Waals surface area contributed by atoms with Gasteiger partial charge in [-0.2, -0.15) is 0 Å². The number of aryl methyl sites for hydroxylation is 2. The summed E-state index contributed by atoms with van der Waals surface area (Å²) < 4.78 is 4.30. The van der Waals surface area contributed by atoms with E-state index in [2.05, 4.69) is 43.2 Å². The highest BCUT2D eigenvalue weighted by Gasteiger charge is 2.01. The summed E-state index contributed by atoms with van der Waals surface area (Å²) in [5.74, 6) is 0. The maximum Gasteiger partial charge on any atom is 0.204 e. The zero-order valence-electron chi connectivity index (χ0n) is 7.81. The Hall–Kier alpha value is -0.790. The van der Waals surface area contributed by atoms with Gasteiger partial charge in [0.2, 0.25) is 6.33 Å². The maximum absolute atomic E-state index is 3.28. The third-order valence-electron chi connectivity index (χ3n) is 2.21. The molecule has 0 atom stereocenters. The number of rotatable bonds is 2. The van der Waals surface area contributed by atoms with Crippen molar-refractivity contribution in [2.75, 3.05) is 0 Å². The first-order valence-corrected chi connectivity index (χ1v) is 4.19. The Labute approximate surface area is 68.5 Å². The average Bonchev–Trinajstić information content (AvgIpc) is 2.30. The summed E-state index contributed by atoms with van der Waals surface area (Å²) in [6.45, 7) is 10.6. The van der Waals surface area contributed by atoms with Crippen molar-refractivity contribution in [3.63, 3.8) is 0 Å². The molecule has 0 saturated carbocycles. The third kappa shape index (κ3) is 1.30. The van der Waals surface area contributed by atoms with Gasteiger partial charge in [-0.3, -0.25) is 0 Å². The highest BCUT2D eigenvalue weighted by molar-refractivity contribution is 5.01. The molecule has 2 heteroatoms. The predicted molar refractivity (Wildman–Crippen MR) is 44.3 cm³/mol. The van der Waals surface area contributed by atoms with E-state index in [9.17, 15) is 0 Å². The average molecular weight is 152 g/mol. The number of aromatic nitrogens is 2. The lowest BCUT2D eigenvalue weighted by Crippen LogP contribution is -2.33. The molecule has 0 radical (unpaired) electrons. The lowest BCUT2D eigenvalue weighted by molar-refractivity contribution is -0.702. The van der Waals surface area contributed by atoms with E-state index < -0.39 is 0 Å². The fourth-order valence-corrected chi connectivity index (χ4v) is 1.30. The van der Waals surface area contributed by atoms with E-state index >= 15 is 0 Å². The summed E-state index contributed by atoms with van der Waals surface area (Å²) in [6.07, 6.45) is 3.28. The molecule has 0 N–H and O–H groups in total. The second kappa shape index (κ2) is 3.07. The van der Waals surface area contributed by atoms with Crippen LogP contribution in [0, 0.1) is 20.2 Å². The molecule has 1 aromatic heterocycles. The minimum atomic E-state index is 1.01. The van der Waals surface area contributed by atoms with E-state index in [0.29, 0.717) is 0 Å². The van der Waals surface area contributed by atoms with Gasteiger partial charge in [0.1, 0.15) is 0 Å². The van der Waals surface area contributed by atoms with Crippen LogP contribution in [0.1, 0.15) is 25.2 Å². The minimum absolute atomic E-state index is 1.01. The number of hydrogen-bond donors (Lipinski definition) is 0. The van der Waals surface area contributed by atoms with Crippen LogP contribution in [0.2, 0.25) is 0 Å². The third-order valence-corrected chi connectivity index (χ3v) is 2.21. The van der Waals surface area contributed by atoms with Crippen LogP contribution in [0.15, 0.2) is 0 Å². The fourth-order valence-electron chi connectivity index (χ4n) is 1.30. The summed E-state index contributed by atoms with van der Waals surface area (Å²) in [5.41, 5.74) is 2.66. The van der Waals surface area contributed by atoms with Gasteiger partial charge in [0, 0.05) is 0 Å². The minimum Gasteiger partial charge on any atom is -0.349 e. The second-order valence-electron chi connectivity index (χ2n) is 2.76. The van der Waals surface area contributed by atoms with Gasteiger partial charge in [-0.15, -0.1) is 0 Å². The molecular formula is C9H16N2. The first-order chi connectivity index (χ1) is 5.20. The van der Waals surface area contributed by atoms with Crippen LogP contribution in [0.25, 0.3) is 0 Å². The van der Waals surface area contributed by atoms with Gasteiger partial charge in [-0.1, -0.05) is 13.8 Å². The molecule has 0 fully saturated rings. The monoisotopic (exact) mass is 152 g/mol. The number of hydrogen-bond acceptors (Lipinski definition) is 0. The van der Waals surface area contributed by atoms with Crippen molar-refractivity contribution in [2.24, 2.45) is 0 Å². The Morgan fingerprint density at radius 1 is 1.36 bits per heavy atom. The van der Waals surface area contributed by atoms with Crippen LogP contribution < -0.4 is 4.57 Å². The summed E-state index contributed by atoms with van der Waals surface area (Å²) in [7, 11) is 0. The molecule has 1 rings (SSSR count). The van der Waals surface area contributed by atoms with Gasteiger partial charge < -0.3 is 9.13 Å². The smallest absolute Gasteiger partial charge is 0.204 e. The Morgan fingerprint density at radius 2 is 2.00 bits per heavy atom. The number of nitrogens with zero attached hydrogens (tertiary/aromatic N) is 2. The Balaban J connectivity index is 3.12. The van der Waals surface area contributed by atoms with Crippen molar-refractivity contribution in [2.45, 2.75) is 40.8 Å². The molecule has 0 saturated heterocycles. The van der Waals surface area contributed by atoms with Crippen molar-refractivity contribution < 1.29 is 4.57 Å². The van der Waals surface area contributed by atoms with Crippen molar-refractivity contribution >= 4 is 0 Å². The predicted octanol–water partition coefficient (Wildman–Crippen LogP) is 1.23. The SMILES string of the molecule is CCn1[c-][n+](CC)c(C)c1C. The van der Waals surface area contributed by atoms with Gasteiger partial charge in [-0.05, 0) is 25.2 Å². The Kier molecular flexibility index (Phi) is 2.32. The molecule has 0 aliphatic carbocycles. The Morgan fingerprint density at radius 3 is 2.27 bits per heavy atom. The summed E-state index contributed by atoms with van der Waals surface area (Å²) in [5, 5.41) is 0. The van der Waals surface area contributed by atoms with E-state index in [0.717, 1.165) is 13.1 Å². The number of imidazole rings is 1. The van der Waals surface area contributed by atoms with Crippen LogP contribution in [0.5, 0.6) is 0 Å². The lowest BCUT2D eigenvalue weighted by atomic mass is 10.3. The summed E-state index contributed by atoms with van der Waals surface area (Å²) >= 11 is 0. The summed E-state index contributed by atoms with van der Waals surface area (Å²) in [4.78, 5) is 0. The second-order valence-corrected chi connectivity index (χ2v) is 2.76. The van der Waals surface area contributed by atoms with Crippen molar-refractivity contribution in [1.29, 1.82) is 0 Å². The van der Waals surface area contributed by atoms with Crippen LogP contribution in [0.4, 0.5) is 0 Å². The molecule has 0 amide bonds. The van der Waals surface area contributed by atoms with Crippen LogP contribution >= 0.6 is 0 Å². The van der Waals surface area contributed by atoms with Crippen molar-refractivity contribution in [3.8, 4) is 0 Å². The quantitative estimate of drug-likeness (QED) is 0.445. The zero-order valence-corrected chi connectivity index (χ0v) is 7.81. The van der Waals surface area contributed by atoms with Gasteiger partial charge in [0.05, 0.1) is 13.1 Å². The highest BCUT2D eigenvalue weighted by atomic mass is 15.1. The molecule has 0 unspecified atom stereocenters. The van der Waals surface area contributed by atoms with E-state index in [1.165, 1.54) is 11.4 Å². The topological polar surface area (TPSA) is 8.81 Å². The molecule has 0 spiro atoms. The van der Waals surface area contributed by atoms with E-state index in [1.807, 2.05) is 0 Å².